The van der Waals surface area contributed by atoms with Crippen LogP contribution in [0.25, 0.3) is 110 Å². The van der Waals surface area contributed by atoms with E-state index in [-0.39, 0.29) is 5.41 Å². The maximum atomic E-state index is 2.50. The van der Waals surface area contributed by atoms with E-state index in [4.69, 9.17) is 0 Å². The number of hydrogen-bond acceptors (Lipinski definition) is 0. The number of hydrogen-bond donors (Lipinski definition) is 0. The van der Waals surface area contributed by atoms with E-state index in [1.165, 1.54) is 264 Å². The van der Waals surface area contributed by atoms with Crippen molar-refractivity contribution in [3.05, 3.63) is 322 Å². The van der Waals surface area contributed by atoms with Gasteiger partial charge in [-0.15, -0.1) is 0 Å². The Morgan fingerprint density at radius 2 is 0.516 bits per heavy atom. The molecule has 1 aliphatic rings. The minimum absolute atomic E-state index is 0.135. The lowest BCUT2D eigenvalue weighted by atomic mass is 9.82. The summed E-state index contributed by atoms with van der Waals surface area (Å²) in [7, 11) is 11.0. The van der Waals surface area contributed by atoms with Crippen molar-refractivity contribution in [1.29, 1.82) is 0 Å². The molecule has 5 nitrogen and oxygen atoms in total. The third kappa shape index (κ3) is 20.3. The predicted octanol–water partition coefficient (Wildman–Crippen LogP) is 31.3. The molecule has 10 aromatic carbocycles. The van der Waals surface area contributed by atoms with Crippen LogP contribution in [0, 0.1) is 111 Å². The van der Waals surface area contributed by atoms with Crippen molar-refractivity contribution in [3.63, 3.8) is 0 Å². The highest BCUT2D eigenvalue weighted by Gasteiger charge is 2.30. The predicted molar refractivity (Wildman–Crippen MR) is 553 cm³/mol. The van der Waals surface area contributed by atoms with Crippen molar-refractivity contribution >= 4 is 53.9 Å². The van der Waals surface area contributed by atoms with Gasteiger partial charge < -0.3 is 0 Å². The smallest absolute Gasteiger partial charge is 0.198 e. The number of fused-ring (bicyclic) bond motifs is 5. The van der Waals surface area contributed by atoms with Crippen molar-refractivity contribution in [2.45, 2.75) is 287 Å². The third-order valence-electron chi connectivity index (χ3n) is 29.0. The molecule has 0 bridgehead atoms. The fraction of sp³-hybridized carbons (Fsp3) is 0.390. The second kappa shape index (κ2) is 39.3. The molecule has 15 aromatic rings. The van der Waals surface area contributed by atoms with Crippen LogP contribution < -0.4 is 22.8 Å². The number of pyridine rings is 5. The Balaban J connectivity index is 0.000000145. The van der Waals surface area contributed by atoms with Crippen LogP contribution in [0.3, 0.4) is 0 Å². The lowest BCUT2D eigenvalue weighted by Gasteiger charge is -2.22. The number of nitrogens with zero attached hydrogens (tertiary/aromatic N) is 5. The first kappa shape index (κ1) is 96.3. The van der Waals surface area contributed by atoms with Crippen LogP contribution in [-0.2, 0) is 40.7 Å². The molecule has 1 fully saturated rings. The highest BCUT2D eigenvalue weighted by Crippen LogP contribution is 2.43. The van der Waals surface area contributed by atoms with Gasteiger partial charge in [0.25, 0.3) is 0 Å². The van der Waals surface area contributed by atoms with Crippen molar-refractivity contribution in [2.24, 2.45) is 35.2 Å². The van der Waals surface area contributed by atoms with Crippen molar-refractivity contribution < 1.29 is 22.8 Å². The van der Waals surface area contributed by atoms with Crippen LogP contribution in [0.15, 0.2) is 188 Å². The van der Waals surface area contributed by atoms with Gasteiger partial charge in [0.15, 0.2) is 28.5 Å². The molecule has 128 heavy (non-hydrogen) atoms. The zero-order chi connectivity index (χ0) is 93.6. The fourth-order valence-electron chi connectivity index (χ4n) is 19.3. The van der Waals surface area contributed by atoms with Gasteiger partial charge in [0.1, 0.15) is 35.2 Å². The molecule has 5 heterocycles. The molecule has 0 aliphatic heterocycles. The molecule has 5 aromatic heterocycles. The summed E-state index contributed by atoms with van der Waals surface area (Å²) in [5.41, 5.74) is 46.5. The van der Waals surface area contributed by atoms with Crippen LogP contribution in [-0.4, -0.2) is 0 Å². The van der Waals surface area contributed by atoms with E-state index in [1.807, 2.05) is 0 Å². The zero-order valence-corrected chi connectivity index (χ0v) is 85.5. The normalized spacial score (nSPS) is 12.5. The molecule has 0 saturated heterocycles. The highest BCUT2D eigenvalue weighted by molar-refractivity contribution is 5.99. The van der Waals surface area contributed by atoms with Gasteiger partial charge in [0, 0.05) is 70.5 Å². The first-order valence-corrected chi connectivity index (χ1v) is 47.9. The van der Waals surface area contributed by atoms with Gasteiger partial charge in [-0.2, -0.15) is 22.8 Å². The minimum Gasteiger partial charge on any atom is -0.198 e. The maximum absolute atomic E-state index is 2.50. The van der Waals surface area contributed by atoms with Crippen molar-refractivity contribution in [3.8, 4) is 56.3 Å². The van der Waals surface area contributed by atoms with E-state index in [0.717, 1.165) is 5.92 Å². The average Bonchev–Trinajstić information content (AvgIpc) is 0.936. The zero-order valence-electron chi connectivity index (χ0n) is 85.5. The molecule has 0 radical (unpaired) electrons. The first-order valence-electron chi connectivity index (χ1n) is 47.9. The van der Waals surface area contributed by atoms with Gasteiger partial charge in [-0.1, -0.05) is 225 Å². The first-order chi connectivity index (χ1) is 60.2. The molecule has 0 spiro atoms. The Labute approximate surface area is 772 Å². The summed E-state index contributed by atoms with van der Waals surface area (Å²) in [6.45, 7) is 69.6. The summed E-state index contributed by atoms with van der Waals surface area (Å²) in [5.74, 6) is 4.02. The molecule has 666 valence electrons. The molecule has 0 N–H and O–H groups in total. The Bertz CT molecular complexity index is 6730. The Morgan fingerprint density at radius 3 is 0.836 bits per heavy atom. The van der Waals surface area contributed by atoms with E-state index in [1.54, 1.807) is 5.56 Å². The molecule has 1 aliphatic carbocycles. The lowest BCUT2D eigenvalue weighted by Crippen LogP contribution is -2.35. The van der Waals surface area contributed by atoms with Gasteiger partial charge in [0.2, 0.25) is 28.5 Å². The van der Waals surface area contributed by atoms with Crippen molar-refractivity contribution in [2.75, 3.05) is 0 Å². The molecular formula is C123H154N5+5. The number of benzene rings is 10. The van der Waals surface area contributed by atoms with Gasteiger partial charge in [-0.05, 0) is 318 Å². The Morgan fingerprint density at radius 1 is 0.242 bits per heavy atom. The molecule has 0 atom stereocenters. The molecule has 16 rings (SSSR count). The Kier molecular flexibility index (Phi) is 29.6. The van der Waals surface area contributed by atoms with Crippen molar-refractivity contribution in [1.82, 2.24) is 0 Å². The minimum atomic E-state index is 0.135. The third-order valence-corrected chi connectivity index (χ3v) is 29.0. The SMILES string of the molecule is Cc1cc(C(C)(C)C)cc(-c2c3ccc(C(C)C)cc3cc(C)[n+]2C)c1C.Cc1cc(C(C)C)cc(-c2c3ccc(C(C)C)cc3cc(C)[n+]2C)c1C.Cc1cc(C)c(C)c(-c2c3ccc(C(C)C)cc3cc(C)[n+]2C)c1.Cc1cc(C2CCCC2)cc(-c2c3ccc(C(C)C)cc3cc(C)[n+]2C)c1C.Cc1ccc(C)c(-c2c3ccc(C(C)C)cc3cc(C)[n+]2C)c1. The summed E-state index contributed by atoms with van der Waals surface area (Å²) in [4.78, 5) is 0. The Hall–Kier alpha value is -10.8. The second-order valence-electron chi connectivity index (χ2n) is 41.4. The van der Waals surface area contributed by atoms with E-state index >= 15 is 0 Å². The number of aromatic nitrogens is 5. The molecule has 0 amide bonds. The second-order valence-corrected chi connectivity index (χ2v) is 41.4. The van der Waals surface area contributed by atoms with Crippen LogP contribution in [0.1, 0.15) is 305 Å². The van der Waals surface area contributed by atoms with Crippen LogP contribution in [0.4, 0.5) is 0 Å². The fourth-order valence-corrected chi connectivity index (χ4v) is 19.3. The monoisotopic (exact) mass is 1700 g/mol. The number of rotatable bonds is 12. The molecule has 5 heteroatoms. The van der Waals surface area contributed by atoms with Crippen LogP contribution in [0.2, 0.25) is 0 Å². The van der Waals surface area contributed by atoms with Gasteiger partial charge >= 0.3 is 0 Å². The van der Waals surface area contributed by atoms with E-state index in [2.05, 4.69) is 461 Å². The topological polar surface area (TPSA) is 19.4 Å². The van der Waals surface area contributed by atoms with Crippen LogP contribution >= 0.6 is 0 Å². The largest absolute Gasteiger partial charge is 0.220 e. The number of aryl methyl sites for hydroxylation is 12. The lowest BCUT2D eigenvalue weighted by molar-refractivity contribution is -0.665. The average molecular weight is 1700 g/mol. The van der Waals surface area contributed by atoms with Gasteiger partial charge in [-0.3, -0.25) is 0 Å². The summed E-state index contributed by atoms with van der Waals surface area (Å²) in [6.07, 6.45) is 5.46. The van der Waals surface area contributed by atoms with E-state index in [0.29, 0.717) is 35.5 Å². The van der Waals surface area contributed by atoms with E-state index < -0.39 is 0 Å². The maximum Gasteiger partial charge on any atom is 0.220 e. The molecular weight excluding hydrogens is 1550 g/mol. The van der Waals surface area contributed by atoms with Gasteiger partial charge in [0.05, 0.1) is 49.2 Å². The summed E-state index contributed by atoms with van der Waals surface area (Å²) in [5, 5.41) is 13.4. The molecule has 1 saturated carbocycles. The summed E-state index contributed by atoms with van der Waals surface area (Å²) >= 11 is 0. The summed E-state index contributed by atoms with van der Waals surface area (Å²) in [6, 6.07) is 72.2. The molecule has 0 unspecified atom stereocenters. The highest BCUT2D eigenvalue weighted by atomic mass is 15.0. The quantitative estimate of drug-likeness (QED) is 0.109. The standard InChI is InChI=1S/C27H34N.C26H34N.C25H32N.C23H28N.C22H26N/c1-17(2)22-11-12-25-24(15-22)14-19(4)28(6)27(25)26-16-23(13-18(3)20(26)5)21-9-7-8-10-21;1-16(2)20-10-11-23-21(14-20)13-18(4)27(9)25(23)24-15-22(26(6,7)8)12-17(3)19(24)5;1-15(2)20-9-10-23-22(13-20)12-18(6)26(8)25(23)24-14-21(16(3)4)11-17(5)19(24)7;1-14(2)19-8-9-21-20(13-19)12-17(5)24(7)23(21)22-11-15(3)10-16(4)18(22)6;1-14(2)18-9-10-20-19(13-18)12-17(5)23(6)22(20)21-11-15(3)7-8-16(21)4/h11-17,21H,7-10H2,1-6H3;10-16H,1-9H3;9-16H,1-8H3;8-14H,1-7H3;7-14H,1-6H3/q5*+1. The van der Waals surface area contributed by atoms with E-state index in [9.17, 15) is 0 Å². The van der Waals surface area contributed by atoms with Crippen LogP contribution in [0.5, 0.6) is 0 Å². The summed E-state index contributed by atoms with van der Waals surface area (Å²) < 4.78 is 11.7. The van der Waals surface area contributed by atoms with Gasteiger partial charge in [-0.25, -0.2) is 0 Å².